The van der Waals surface area contributed by atoms with E-state index in [4.69, 9.17) is 4.74 Å². The quantitative estimate of drug-likeness (QED) is 0.786. The van der Waals surface area contributed by atoms with Gasteiger partial charge in [0.1, 0.15) is 5.82 Å². The highest BCUT2D eigenvalue weighted by Gasteiger charge is 2.32. The molecule has 1 aliphatic carbocycles. The van der Waals surface area contributed by atoms with E-state index in [2.05, 4.69) is 12.6 Å². The third-order valence-corrected chi connectivity index (χ3v) is 4.29. The maximum atomic E-state index is 13.4. The Hall–Kier alpha value is -0.540. The summed E-state index contributed by atoms with van der Waals surface area (Å²) in [5.41, 5.74) is 0.869. The molecule has 0 radical (unpaired) electrons. The van der Waals surface area contributed by atoms with Crippen LogP contribution in [0.25, 0.3) is 0 Å². The van der Waals surface area contributed by atoms with Crippen molar-refractivity contribution in [1.29, 1.82) is 0 Å². The summed E-state index contributed by atoms with van der Waals surface area (Å²) in [6, 6.07) is 6.79. The highest BCUT2D eigenvalue weighted by molar-refractivity contribution is 7.80. The van der Waals surface area contributed by atoms with Crippen LogP contribution in [0.15, 0.2) is 24.3 Å². The van der Waals surface area contributed by atoms with Crippen molar-refractivity contribution >= 4 is 12.6 Å². The Kier molecular flexibility index (Phi) is 4.46. The average Bonchev–Trinajstić information content (AvgIpc) is 2.81. The topological polar surface area (TPSA) is 9.23 Å². The average molecular weight is 254 g/mol. The van der Waals surface area contributed by atoms with Crippen LogP contribution in [0.5, 0.6) is 0 Å². The molecule has 1 aliphatic rings. The molecule has 0 aromatic heterocycles. The molecular formula is C14H19FOS. The number of thiol groups is 1. The molecule has 1 aromatic rings. The molecule has 0 spiro atoms. The Bertz CT molecular complexity index is 361. The molecule has 0 bridgehead atoms. The fourth-order valence-electron chi connectivity index (χ4n) is 2.47. The minimum Gasteiger partial charge on any atom is -0.376 e. The molecule has 17 heavy (non-hydrogen) atoms. The van der Waals surface area contributed by atoms with Crippen LogP contribution in [0.4, 0.5) is 4.39 Å². The van der Waals surface area contributed by atoms with Crippen LogP contribution in [-0.2, 0) is 11.3 Å². The lowest BCUT2D eigenvalue weighted by atomic mass is 9.90. The van der Waals surface area contributed by atoms with Crippen LogP contribution in [0.2, 0.25) is 0 Å². The van der Waals surface area contributed by atoms with Gasteiger partial charge in [-0.25, -0.2) is 4.39 Å². The van der Waals surface area contributed by atoms with E-state index >= 15 is 0 Å². The van der Waals surface area contributed by atoms with Gasteiger partial charge in [0.05, 0.1) is 13.2 Å². The van der Waals surface area contributed by atoms with E-state index in [0.717, 1.165) is 5.75 Å². The summed E-state index contributed by atoms with van der Waals surface area (Å²) in [6.45, 7) is 1.06. The van der Waals surface area contributed by atoms with Crippen molar-refractivity contribution in [1.82, 2.24) is 0 Å². The number of halogens is 1. The molecular weight excluding hydrogens is 235 g/mol. The molecule has 94 valence electrons. The van der Waals surface area contributed by atoms with E-state index in [1.165, 1.54) is 31.7 Å². The molecule has 1 aromatic carbocycles. The van der Waals surface area contributed by atoms with Gasteiger partial charge in [0, 0.05) is 11.0 Å². The highest BCUT2D eigenvalue weighted by atomic mass is 32.1. The standard InChI is InChI=1S/C14H19FOS/c15-13-6-2-1-5-12(13)9-16-10-14(11-17)7-3-4-8-14/h1-2,5-6,17H,3-4,7-11H2. The number of ether oxygens (including phenoxy) is 1. The molecule has 0 heterocycles. The molecule has 1 nitrogen and oxygen atoms in total. The number of rotatable bonds is 5. The Labute approximate surface area is 108 Å². The van der Waals surface area contributed by atoms with Crippen molar-refractivity contribution in [3.05, 3.63) is 35.6 Å². The van der Waals surface area contributed by atoms with Gasteiger partial charge in [0.2, 0.25) is 0 Å². The molecule has 0 amide bonds. The van der Waals surface area contributed by atoms with E-state index in [-0.39, 0.29) is 11.2 Å². The van der Waals surface area contributed by atoms with E-state index < -0.39 is 0 Å². The van der Waals surface area contributed by atoms with E-state index in [0.29, 0.717) is 18.8 Å². The Morgan fingerprint density at radius 1 is 1.24 bits per heavy atom. The zero-order valence-corrected chi connectivity index (χ0v) is 10.9. The predicted octanol–water partition coefficient (Wildman–Crippen LogP) is 3.83. The minimum atomic E-state index is -0.182. The number of hydrogen-bond donors (Lipinski definition) is 1. The lowest BCUT2D eigenvalue weighted by Gasteiger charge is -2.26. The molecule has 0 N–H and O–H groups in total. The van der Waals surface area contributed by atoms with Crippen molar-refractivity contribution in [3.8, 4) is 0 Å². The first-order chi connectivity index (χ1) is 8.26. The summed E-state index contributed by atoms with van der Waals surface area (Å²) < 4.78 is 19.1. The first-order valence-electron chi connectivity index (χ1n) is 6.18. The van der Waals surface area contributed by atoms with Gasteiger partial charge in [-0.1, -0.05) is 31.0 Å². The smallest absolute Gasteiger partial charge is 0.128 e. The van der Waals surface area contributed by atoms with Crippen molar-refractivity contribution < 1.29 is 9.13 Å². The second-order valence-electron chi connectivity index (χ2n) is 4.95. The Balaban J connectivity index is 1.85. The molecule has 2 rings (SSSR count). The van der Waals surface area contributed by atoms with Gasteiger partial charge in [-0.05, 0) is 24.7 Å². The summed E-state index contributed by atoms with van der Waals surface area (Å²) >= 11 is 4.43. The van der Waals surface area contributed by atoms with Gasteiger partial charge in [-0.3, -0.25) is 0 Å². The SMILES string of the molecule is Fc1ccccc1COCC1(CS)CCCC1. The van der Waals surface area contributed by atoms with E-state index in [1.54, 1.807) is 12.1 Å². The molecule has 0 aliphatic heterocycles. The molecule has 0 atom stereocenters. The van der Waals surface area contributed by atoms with Crippen molar-refractivity contribution in [2.45, 2.75) is 32.3 Å². The molecule has 0 saturated heterocycles. The van der Waals surface area contributed by atoms with Crippen molar-refractivity contribution in [2.75, 3.05) is 12.4 Å². The van der Waals surface area contributed by atoms with Gasteiger partial charge in [0.15, 0.2) is 0 Å². The summed E-state index contributed by atoms with van der Waals surface area (Å²) in [4.78, 5) is 0. The molecule has 3 heteroatoms. The van der Waals surface area contributed by atoms with Crippen LogP contribution in [-0.4, -0.2) is 12.4 Å². The lowest BCUT2D eigenvalue weighted by molar-refractivity contribution is 0.0469. The fourth-order valence-corrected chi connectivity index (χ4v) is 2.87. The van der Waals surface area contributed by atoms with Gasteiger partial charge < -0.3 is 4.74 Å². The Morgan fingerprint density at radius 2 is 1.94 bits per heavy atom. The number of hydrogen-bond acceptors (Lipinski definition) is 2. The Morgan fingerprint density at radius 3 is 2.59 bits per heavy atom. The first-order valence-corrected chi connectivity index (χ1v) is 6.81. The minimum absolute atomic E-state index is 0.182. The summed E-state index contributed by atoms with van der Waals surface area (Å²) in [7, 11) is 0. The third kappa shape index (κ3) is 3.23. The normalized spacial score (nSPS) is 18.5. The zero-order chi connectivity index (χ0) is 12.1. The summed E-state index contributed by atoms with van der Waals surface area (Å²) in [5, 5.41) is 0. The first kappa shape index (κ1) is 12.9. The summed E-state index contributed by atoms with van der Waals surface area (Å²) in [6.07, 6.45) is 4.91. The van der Waals surface area contributed by atoms with Crippen molar-refractivity contribution in [2.24, 2.45) is 5.41 Å². The predicted molar refractivity (Wildman–Crippen MR) is 70.8 cm³/mol. The maximum Gasteiger partial charge on any atom is 0.128 e. The lowest BCUT2D eigenvalue weighted by Crippen LogP contribution is -2.25. The van der Waals surface area contributed by atoms with Crippen LogP contribution >= 0.6 is 12.6 Å². The van der Waals surface area contributed by atoms with Gasteiger partial charge >= 0.3 is 0 Å². The zero-order valence-electron chi connectivity index (χ0n) is 9.99. The third-order valence-electron chi connectivity index (χ3n) is 3.62. The van der Waals surface area contributed by atoms with Gasteiger partial charge in [-0.2, -0.15) is 12.6 Å². The van der Waals surface area contributed by atoms with Crippen molar-refractivity contribution in [3.63, 3.8) is 0 Å². The largest absolute Gasteiger partial charge is 0.376 e. The second-order valence-corrected chi connectivity index (χ2v) is 5.27. The monoisotopic (exact) mass is 254 g/mol. The maximum absolute atomic E-state index is 13.4. The second kappa shape index (κ2) is 5.87. The molecule has 1 fully saturated rings. The van der Waals surface area contributed by atoms with Crippen LogP contribution in [0, 0.1) is 11.2 Å². The van der Waals surface area contributed by atoms with Gasteiger partial charge in [0.25, 0.3) is 0 Å². The van der Waals surface area contributed by atoms with Gasteiger partial charge in [-0.15, -0.1) is 0 Å². The van der Waals surface area contributed by atoms with Crippen LogP contribution in [0.1, 0.15) is 31.2 Å². The van der Waals surface area contributed by atoms with E-state index in [9.17, 15) is 4.39 Å². The number of benzene rings is 1. The fraction of sp³-hybridized carbons (Fsp3) is 0.571. The summed E-state index contributed by atoms with van der Waals surface area (Å²) in [5.74, 6) is 0.684. The molecule has 1 saturated carbocycles. The highest BCUT2D eigenvalue weighted by Crippen LogP contribution is 2.39. The van der Waals surface area contributed by atoms with E-state index in [1.807, 2.05) is 6.07 Å². The molecule has 0 unspecified atom stereocenters. The van der Waals surface area contributed by atoms with Crippen LogP contribution in [0.3, 0.4) is 0 Å². The van der Waals surface area contributed by atoms with Crippen LogP contribution < -0.4 is 0 Å².